The summed E-state index contributed by atoms with van der Waals surface area (Å²) in [4.78, 5) is 24.4. The Bertz CT molecular complexity index is 1400. The van der Waals surface area contributed by atoms with Crippen molar-refractivity contribution in [1.29, 1.82) is 0 Å². The van der Waals surface area contributed by atoms with Crippen LogP contribution in [0.25, 0.3) is 5.57 Å². The standard InChI is InChI=1S/C29H25F3N2O4/c1-2-38-21-7-3-6-19(16-21)22(18-12-14-20(15-13-18)29(30,31)32)8-4-11-27(36)33-24-9-5-10-25-23(24)17-26(35)28(37)34-25/h3-16,26,35H,2,17H2,1H3,(H,33,36)(H,34,37). The quantitative estimate of drug-likeness (QED) is 0.279. The Balaban J connectivity index is 1.61. The third kappa shape index (κ3) is 6.30. The van der Waals surface area contributed by atoms with Gasteiger partial charge < -0.3 is 20.5 Å². The van der Waals surface area contributed by atoms with Crippen molar-refractivity contribution in [3.05, 3.63) is 107 Å². The van der Waals surface area contributed by atoms with E-state index in [1.807, 2.05) is 6.92 Å². The number of nitrogens with one attached hydrogen (secondary N) is 2. The van der Waals surface area contributed by atoms with Gasteiger partial charge in [-0.2, -0.15) is 13.2 Å². The molecule has 1 aliphatic rings. The predicted octanol–water partition coefficient (Wildman–Crippen LogP) is 5.59. The van der Waals surface area contributed by atoms with E-state index in [9.17, 15) is 27.9 Å². The Morgan fingerprint density at radius 3 is 2.55 bits per heavy atom. The van der Waals surface area contributed by atoms with Crippen LogP contribution in [-0.2, 0) is 22.2 Å². The third-order valence-corrected chi connectivity index (χ3v) is 5.88. The minimum absolute atomic E-state index is 0.0650. The maximum Gasteiger partial charge on any atom is 0.416 e. The number of fused-ring (bicyclic) bond motifs is 1. The number of amides is 2. The Kier molecular flexibility index (Phi) is 7.97. The smallest absolute Gasteiger partial charge is 0.416 e. The van der Waals surface area contributed by atoms with E-state index in [1.165, 1.54) is 24.3 Å². The molecule has 1 heterocycles. The number of carbonyl (C=O) groups excluding carboxylic acids is 2. The molecule has 0 spiro atoms. The molecule has 9 heteroatoms. The van der Waals surface area contributed by atoms with Gasteiger partial charge in [0.15, 0.2) is 0 Å². The minimum atomic E-state index is -4.45. The number of allylic oxidation sites excluding steroid dienone is 2. The molecule has 1 unspecified atom stereocenters. The van der Waals surface area contributed by atoms with Gasteiger partial charge in [0, 0.05) is 29.4 Å². The van der Waals surface area contributed by atoms with Crippen LogP contribution in [0.3, 0.4) is 0 Å². The first-order valence-electron chi connectivity index (χ1n) is 11.9. The zero-order valence-electron chi connectivity index (χ0n) is 20.4. The van der Waals surface area contributed by atoms with E-state index in [0.717, 1.165) is 12.1 Å². The second-order valence-electron chi connectivity index (χ2n) is 8.51. The number of carbonyl (C=O) groups is 2. The topological polar surface area (TPSA) is 87.7 Å². The third-order valence-electron chi connectivity index (χ3n) is 5.88. The van der Waals surface area contributed by atoms with Crippen LogP contribution in [0.4, 0.5) is 24.5 Å². The summed E-state index contributed by atoms with van der Waals surface area (Å²) in [5.74, 6) is -0.362. The van der Waals surface area contributed by atoms with E-state index in [4.69, 9.17) is 4.74 Å². The second kappa shape index (κ2) is 11.4. The summed E-state index contributed by atoms with van der Waals surface area (Å²) >= 11 is 0. The average molecular weight is 523 g/mol. The van der Waals surface area contributed by atoms with E-state index in [2.05, 4.69) is 10.6 Å². The van der Waals surface area contributed by atoms with Crippen molar-refractivity contribution in [3.8, 4) is 5.75 Å². The Hall–Kier alpha value is -4.37. The SMILES string of the molecule is CCOc1cccc(C(=CC=CC(=O)Nc2cccc3c2CC(O)C(=O)N3)c2ccc(C(F)(F)F)cc2)c1. The summed E-state index contributed by atoms with van der Waals surface area (Å²) in [6.07, 6.45) is -1.18. The van der Waals surface area contributed by atoms with Gasteiger partial charge in [0.05, 0.1) is 12.2 Å². The molecule has 0 bridgehead atoms. The van der Waals surface area contributed by atoms with Crippen molar-refractivity contribution in [1.82, 2.24) is 0 Å². The van der Waals surface area contributed by atoms with Gasteiger partial charge in [0.2, 0.25) is 5.91 Å². The van der Waals surface area contributed by atoms with Gasteiger partial charge in [-0.1, -0.05) is 42.5 Å². The van der Waals surface area contributed by atoms with Crippen LogP contribution in [0.15, 0.2) is 85.0 Å². The van der Waals surface area contributed by atoms with Gasteiger partial charge in [-0.15, -0.1) is 0 Å². The fourth-order valence-corrected chi connectivity index (χ4v) is 4.07. The lowest BCUT2D eigenvalue weighted by molar-refractivity contribution is -0.137. The van der Waals surface area contributed by atoms with E-state index in [1.54, 1.807) is 48.5 Å². The van der Waals surface area contributed by atoms with E-state index < -0.39 is 29.7 Å². The second-order valence-corrected chi connectivity index (χ2v) is 8.51. The van der Waals surface area contributed by atoms with Crippen molar-refractivity contribution in [2.45, 2.75) is 25.6 Å². The molecule has 3 aromatic rings. The lowest BCUT2D eigenvalue weighted by Crippen LogP contribution is -2.34. The molecule has 38 heavy (non-hydrogen) atoms. The number of halogens is 3. The number of rotatable bonds is 7. The number of hydrogen-bond acceptors (Lipinski definition) is 4. The highest BCUT2D eigenvalue weighted by Crippen LogP contribution is 2.33. The van der Waals surface area contributed by atoms with Crippen LogP contribution in [-0.4, -0.2) is 29.6 Å². The van der Waals surface area contributed by atoms with Crippen molar-refractivity contribution < 1.29 is 32.6 Å². The van der Waals surface area contributed by atoms with Gasteiger partial charge in [0.25, 0.3) is 5.91 Å². The lowest BCUT2D eigenvalue weighted by Gasteiger charge is -2.23. The first-order chi connectivity index (χ1) is 18.2. The number of hydrogen-bond donors (Lipinski definition) is 3. The largest absolute Gasteiger partial charge is 0.494 e. The number of anilines is 2. The fourth-order valence-electron chi connectivity index (χ4n) is 4.07. The monoisotopic (exact) mass is 522 g/mol. The Labute approximate surface area is 217 Å². The molecule has 0 aromatic heterocycles. The Morgan fingerprint density at radius 2 is 1.84 bits per heavy atom. The van der Waals surface area contributed by atoms with E-state index >= 15 is 0 Å². The van der Waals surface area contributed by atoms with E-state index in [-0.39, 0.29) is 6.42 Å². The maximum atomic E-state index is 13.1. The molecule has 4 rings (SSSR count). The van der Waals surface area contributed by atoms with E-state index in [0.29, 0.717) is 46.0 Å². The summed E-state index contributed by atoms with van der Waals surface area (Å²) in [7, 11) is 0. The number of alkyl halides is 3. The molecule has 0 aliphatic carbocycles. The van der Waals surface area contributed by atoms with Gasteiger partial charge >= 0.3 is 6.18 Å². The highest BCUT2D eigenvalue weighted by atomic mass is 19.4. The maximum absolute atomic E-state index is 13.1. The van der Waals surface area contributed by atoms with Crippen LogP contribution >= 0.6 is 0 Å². The molecule has 196 valence electrons. The predicted molar refractivity (Wildman–Crippen MR) is 139 cm³/mol. The summed E-state index contributed by atoms with van der Waals surface area (Å²) in [6, 6.07) is 16.9. The van der Waals surface area contributed by atoms with Crippen molar-refractivity contribution in [2.24, 2.45) is 0 Å². The van der Waals surface area contributed by atoms with Gasteiger partial charge in [0.1, 0.15) is 11.9 Å². The van der Waals surface area contributed by atoms with Gasteiger partial charge in [-0.3, -0.25) is 9.59 Å². The van der Waals surface area contributed by atoms with Gasteiger partial charge in [-0.05, 0) is 60.0 Å². The molecule has 0 radical (unpaired) electrons. The van der Waals surface area contributed by atoms with Crippen LogP contribution in [0, 0.1) is 0 Å². The number of ether oxygens (including phenoxy) is 1. The molecule has 1 atom stereocenters. The average Bonchev–Trinajstić information content (AvgIpc) is 2.88. The van der Waals surface area contributed by atoms with Gasteiger partial charge in [-0.25, -0.2) is 0 Å². The zero-order valence-corrected chi connectivity index (χ0v) is 20.4. The summed E-state index contributed by atoms with van der Waals surface area (Å²) in [5, 5.41) is 15.2. The van der Waals surface area contributed by atoms with Crippen molar-refractivity contribution >= 4 is 28.8 Å². The summed E-state index contributed by atoms with van der Waals surface area (Å²) < 4.78 is 44.8. The fraction of sp³-hybridized carbons (Fsp3) is 0.172. The summed E-state index contributed by atoms with van der Waals surface area (Å²) in [6.45, 7) is 2.30. The van der Waals surface area contributed by atoms with Crippen molar-refractivity contribution in [2.75, 3.05) is 17.2 Å². The highest BCUT2D eigenvalue weighted by Gasteiger charge is 2.30. The number of aliphatic hydroxyl groups excluding tert-OH is 1. The van der Waals surface area contributed by atoms with Crippen molar-refractivity contribution in [3.63, 3.8) is 0 Å². The lowest BCUT2D eigenvalue weighted by atomic mass is 9.96. The van der Waals surface area contributed by atoms with Crippen LogP contribution in [0.2, 0.25) is 0 Å². The van der Waals surface area contributed by atoms with Crippen LogP contribution < -0.4 is 15.4 Å². The molecule has 0 saturated heterocycles. The number of aliphatic hydroxyl groups is 1. The molecule has 6 nitrogen and oxygen atoms in total. The van der Waals surface area contributed by atoms with Crippen LogP contribution in [0.5, 0.6) is 5.75 Å². The highest BCUT2D eigenvalue weighted by molar-refractivity contribution is 6.03. The molecule has 0 fully saturated rings. The number of benzene rings is 3. The molecular weight excluding hydrogens is 497 g/mol. The Morgan fingerprint density at radius 1 is 1.11 bits per heavy atom. The molecule has 2 amide bonds. The molecular formula is C29H25F3N2O4. The van der Waals surface area contributed by atoms with Crippen LogP contribution in [0.1, 0.15) is 29.2 Å². The minimum Gasteiger partial charge on any atom is -0.494 e. The molecule has 3 N–H and O–H groups in total. The normalized spacial score (nSPS) is 15.7. The first-order valence-corrected chi connectivity index (χ1v) is 11.9. The molecule has 0 saturated carbocycles. The first kappa shape index (κ1) is 26.7. The summed E-state index contributed by atoms with van der Waals surface area (Å²) in [5.41, 5.74) is 2.63. The molecule has 1 aliphatic heterocycles. The molecule has 3 aromatic carbocycles. The zero-order chi connectivity index (χ0) is 27.3.